The smallest absolute Gasteiger partial charge is 0.355 e. The molecule has 0 spiro atoms. The van der Waals surface area contributed by atoms with Crippen molar-refractivity contribution < 1.29 is 28.6 Å². The average Bonchev–Trinajstić information content (AvgIpc) is 2.65. The lowest BCUT2D eigenvalue weighted by Gasteiger charge is -2.37. The maximum atomic E-state index is 12.5. The highest BCUT2D eigenvalue weighted by Crippen LogP contribution is 2.43. The monoisotopic (exact) mass is 374 g/mol. The fourth-order valence-corrected chi connectivity index (χ4v) is 3.47. The number of hydrogen-bond donors (Lipinski definition) is 1. The summed E-state index contributed by atoms with van der Waals surface area (Å²) in [6, 6.07) is 5.54. The minimum Gasteiger partial charge on any atom is -0.466 e. The molecule has 0 atom stereocenters. The standard InChI is InChI=1S/C19H22N2O6/c1-19(2)8-14(22)20-15-12(19)6-5-7-13(15)21-10-27-9-11(17(23)25-3)16(21)18(24)26-4/h5-7H,8-10H2,1-4H3,(H,20,22). The van der Waals surface area contributed by atoms with Crippen LogP contribution in [-0.2, 0) is 34.0 Å². The van der Waals surface area contributed by atoms with E-state index in [1.165, 1.54) is 19.1 Å². The van der Waals surface area contributed by atoms with Gasteiger partial charge >= 0.3 is 11.9 Å². The van der Waals surface area contributed by atoms with Crippen LogP contribution in [0.25, 0.3) is 0 Å². The molecule has 1 N–H and O–H groups in total. The molecule has 2 aliphatic rings. The van der Waals surface area contributed by atoms with Crippen LogP contribution in [0, 0.1) is 0 Å². The first kappa shape index (κ1) is 18.9. The third-order valence-corrected chi connectivity index (χ3v) is 4.76. The molecule has 0 fully saturated rings. The van der Waals surface area contributed by atoms with Gasteiger partial charge < -0.3 is 24.4 Å². The molecular formula is C19H22N2O6. The Morgan fingerprint density at radius 1 is 1.19 bits per heavy atom. The SMILES string of the molecule is COC(=O)C1=C(C(=O)OC)N(c2cccc3c2NC(=O)CC3(C)C)COC1. The number of amides is 1. The first-order chi connectivity index (χ1) is 12.8. The molecule has 27 heavy (non-hydrogen) atoms. The largest absolute Gasteiger partial charge is 0.466 e. The highest BCUT2D eigenvalue weighted by atomic mass is 16.5. The number of rotatable bonds is 3. The summed E-state index contributed by atoms with van der Waals surface area (Å²) >= 11 is 0. The molecule has 3 rings (SSSR count). The van der Waals surface area contributed by atoms with Crippen LogP contribution in [-0.4, -0.2) is 45.4 Å². The van der Waals surface area contributed by atoms with E-state index in [1.54, 1.807) is 6.07 Å². The summed E-state index contributed by atoms with van der Waals surface area (Å²) in [5.41, 5.74) is 1.82. The van der Waals surface area contributed by atoms with Crippen molar-refractivity contribution in [1.29, 1.82) is 0 Å². The molecule has 2 aliphatic heterocycles. The summed E-state index contributed by atoms with van der Waals surface area (Å²) < 4.78 is 15.2. The molecule has 0 saturated heterocycles. The minimum atomic E-state index is -0.683. The summed E-state index contributed by atoms with van der Waals surface area (Å²) in [4.78, 5) is 38.4. The number of fused-ring (bicyclic) bond motifs is 1. The van der Waals surface area contributed by atoms with Gasteiger partial charge in [-0.05, 0) is 11.6 Å². The maximum Gasteiger partial charge on any atom is 0.355 e. The minimum absolute atomic E-state index is 0.0255. The second-order valence-corrected chi connectivity index (χ2v) is 7.02. The summed E-state index contributed by atoms with van der Waals surface area (Å²) in [5.74, 6) is -1.47. The van der Waals surface area contributed by atoms with Crippen LogP contribution in [0.3, 0.4) is 0 Å². The topological polar surface area (TPSA) is 94.2 Å². The number of hydrogen-bond acceptors (Lipinski definition) is 7. The van der Waals surface area contributed by atoms with Gasteiger partial charge in [-0.25, -0.2) is 9.59 Å². The fraction of sp³-hybridized carbons (Fsp3) is 0.421. The Bertz CT molecular complexity index is 843. The van der Waals surface area contributed by atoms with Gasteiger partial charge in [0.2, 0.25) is 5.91 Å². The Morgan fingerprint density at radius 2 is 1.89 bits per heavy atom. The predicted molar refractivity (Wildman–Crippen MR) is 97.1 cm³/mol. The Morgan fingerprint density at radius 3 is 2.56 bits per heavy atom. The normalized spacial score (nSPS) is 18.5. The molecule has 144 valence electrons. The van der Waals surface area contributed by atoms with Crippen molar-refractivity contribution >= 4 is 29.2 Å². The second kappa shape index (κ2) is 7.03. The lowest BCUT2D eigenvalue weighted by molar-refractivity contribution is -0.140. The van der Waals surface area contributed by atoms with E-state index in [4.69, 9.17) is 14.2 Å². The molecule has 1 amide bonds. The predicted octanol–water partition coefficient (Wildman–Crippen LogP) is 1.70. The van der Waals surface area contributed by atoms with Crippen molar-refractivity contribution in [2.24, 2.45) is 0 Å². The van der Waals surface area contributed by atoms with Crippen molar-refractivity contribution in [1.82, 2.24) is 0 Å². The number of para-hydroxylation sites is 1. The van der Waals surface area contributed by atoms with E-state index in [9.17, 15) is 14.4 Å². The fourth-order valence-electron chi connectivity index (χ4n) is 3.47. The second-order valence-electron chi connectivity index (χ2n) is 7.02. The average molecular weight is 374 g/mol. The number of carbonyl (C=O) groups is 3. The van der Waals surface area contributed by atoms with E-state index in [0.29, 0.717) is 17.8 Å². The number of esters is 2. The van der Waals surface area contributed by atoms with Crippen molar-refractivity contribution in [3.05, 3.63) is 35.0 Å². The van der Waals surface area contributed by atoms with E-state index < -0.39 is 11.9 Å². The first-order valence-corrected chi connectivity index (χ1v) is 8.48. The van der Waals surface area contributed by atoms with Gasteiger partial charge in [0.05, 0.1) is 37.8 Å². The van der Waals surface area contributed by atoms with E-state index in [2.05, 4.69) is 5.32 Å². The number of methoxy groups -OCH3 is 2. The molecule has 2 heterocycles. The summed E-state index contributed by atoms with van der Waals surface area (Å²) in [7, 11) is 2.47. The van der Waals surface area contributed by atoms with Gasteiger partial charge in [-0.3, -0.25) is 4.79 Å². The maximum absolute atomic E-state index is 12.5. The highest BCUT2D eigenvalue weighted by molar-refractivity contribution is 6.06. The van der Waals surface area contributed by atoms with Gasteiger partial charge in [0.1, 0.15) is 12.4 Å². The zero-order chi connectivity index (χ0) is 19.8. The molecule has 0 aromatic heterocycles. The van der Waals surface area contributed by atoms with Crippen molar-refractivity contribution in [3.63, 3.8) is 0 Å². The Hall–Kier alpha value is -2.87. The Balaban J connectivity index is 2.20. The highest BCUT2D eigenvalue weighted by Gasteiger charge is 2.37. The van der Waals surface area contributed by atoms with Gasteiger partial charge in [0.15, 0.2) is 0 Å². The van der Waals surface area contributed by atoms with Crippen molar-refractivity contribution in [2.45, 2.75) is 25.7 Å². The molecule has 0 aliphatic carbocycles. The Labute approximate surface area is 157 Å². The van der Waals surface area contributed by atoms with Crippen LogP contribution in [0.4, 0.5) is 11.4 Å². The Kier molecular flexibility index (Phi) is 4.93. The van der Waals surface area contributed by atoms with E-state index >= 15 is 0 Å². The number of nitrogens with zero attached hydrogens (tertiary/aromatic N) is 1. The van der Waals surface area contributed by atoms with E-state index in [-0.39, 0.29) is 35.9 Å². The third-order valence-electron chi connectivity index (χ3n) is 4.76. The van der Waals surface area contributed by atoms with Gasteiger partial charge in [0, 0.05) is 11.8 Å². The molecule has 8 nitrogen and oxygen atoms in total. The number of carbonyl (C=O) groups excluding carboxylic acids is 3. The molecule has 1 aromatic carbocycles. The van der Waals surface area contributed by atoms with Crippen LogP contribution < -0.4 is 10.2 Å². The van der Waals surface area contributed by atoms with Crippen LogP contribution in [0.1, 0.15) is 25.8 Å². The van der Waals surface area contributed by atoms with Gasteiger partial charge in [-0.15, -0.1) is 0 Å². The van der Waals surface area contributed by atoms with Crippen LogP contribution in [0.2, 0.25) is 0 Å². The van der Waals surface area contributed by atoms with Gasteiger partial charge in [-0.2, -0.15) is 0 Å². The number of benzene rings is 1. The summed E-state index contributed by atoms with van der Waals surface area (Å²) in [5, 5.41) is 2.89. The van der Waals surface area contributed by atoms with Crippen LogP contribution >= 0.6 is 0 Å². The molecule has 1 aromatic rings. The molecule has 0 saturated carbocycles. The summed E-state index contributed by atoms with van der Waals surface area (Å²) in [6.45, 7) is 3.92. The lowest BCUT2D eigenvalue weighted by atomic mass is 9.77. The number of nitrogens with one attached hydrogen (secondary N) is 1. The summed E-state index contributed by atoms with van der Waals surface area (Å²) in [6.07, 6.45) is 0.354. The lowest BCUT2D eigenvalue weighted by Crippen LogP contribution is -2.40. The quantitative estimate of drug-likeness (QED) is 0.805. The van der Waals surface area contributed by atoms with Crippen molar-refractivity contribution in [3.8, 4) is 0 Å². The third kappa shape index (κ3) is 3.28. The van der Waals surface area contributed by atoms with E-state index in [0.717, 1.165) is 5.56 Å². The zero-order valence-electron chi connectivity index (χ0n) is 15.8. The molecule has 8 heteroatoms. The van der Waals surface area contributed by atoms with Gasteiger partial charge in [0.25, 0.3) is 0 Å². The molecular weight excluding hydrogens is 352 g/mol. The number of anilines is 2. The van der Waals surface area contributed by atoms with Crippen LogP contribution in [0.15, 0.2) is 29.5 Å². The number of ether oxygens (including phenoxy) is 3. The molecule has 0 unspecified atom stereocenters. The first-order valence-electron chi connectivity index (χ1n) is 8.48. The van der Waals surface area contributed by atoms with Gasteiger partial charge in [-0.1, -0.05) is 26.0 Å². The molecule has 0 radical (unpaired) electrons. The molecule has 0 bridgehead atoms. The van der Waals surface area contributed by atoms with E-state index in [1.807, 2.05) is 26.0 Å². The zero-order valence-corrected chi connectivity index (χ0v) is 15.8. The van der Waals surface area contributed by atoms with Crippen molar-refractivity contribution in [2.75, 3.05) is 37.8 Å². The van der Waals surface area contributed by atoms with Crippen LogP contribution in [0.5, 0.6) is 0 Å².